The summed E-state index contributed by atoms with van der Waals surface area (Å²) in [5.41, 5.74) is 12.4. The van der Waals surface area contributed by atoms with Gasteiger partial charge in [0.15, 0.2) is 0 Å². The fraction of sp³-hybridized carbons (Fsp3) is 0.529. The molecule has 3 rings (SSSR count). The van der Waals surface area contributed by atoms with Crippen molar-refractivity contribution in [3.63, 3.8) is 0 Å². The lowest BCUT2D eigenvalue weighted by molar-refractivity contribution is 0.100. The summed E-state index contributed by atoms with van der Waals surface area (Å²) >= 11 is 1.10. The third kappa shape index (κ3) is 3.73. The predicted molar refractivity (Wildman–Crippen MR) is 107 cm³/mol. The highest BCUT2D eigenvalue weighted by molar-refractivity contribution is 7.91. The molecule has 0 bridgehead atoms. The van der Waals surface area contributed by atoms with E-state index in [-0.39, 0.29) is 15.8 Å². The van der Waals surface area contributed by atoms with E-state index < -0.39 is 28.3 Å². The number of carbonyl (C=O) groups is 1. The van der Waals surface area contributed by atoms with Crippen molar-refractivity contribution in [3.05, 3.63) is 16.5 Å². The Morgan fingerprint density at radius 1 is 1.44 bits per heavy atom. The van der Waals surface area contributed by atoms with Crippen molar-refractivity contribution < 1.29 is 17.6 Å². The monoisotopic (exact) mass is 414 g/mol. The van der Waals surface area contributed by atoms with Gasteiger partial charge >= 0.3 is 0 Å². The number of hydrogen-bond donors (Lipinski definition) is 2. The molecule has 0 spiro atoms. The number of rotatable bonds is 5. The Morgan fingerprint density at radius 2 is 2.07 bits per heavy atom. The second kappa shape index (κ2) is 7.23. The third-order valence-corrected chi connectivity index (χ3v) is 7.87. The highest BCUT2D eigenvalue weighted by atomic mass is 32.2. The van der Waals surface area contributed by atoms with Crippen molar-refractivity contribution in [1.82, 2.24) is 4.98 Å². The Morgan fingerprint density at radius 3 is 2.59 bits per heavy atom. The molecule has 10 heteroatoms. The van der Waals surface area contributed by atoms with Gasteiger partial charge in [0.2, 0.25) is 0 Å². The van der Waals surface area contributed by atoms with Gasteiger partial charge in [-0.1, -0.05) is 6.92 Å². The number of nitrogens with zero attached hydrogens (tertiary/aromatic N) is 2. The molecule has 27 heavy (non-hydrogen) atoms. The van der Waals surface area contributed by atoms with Crippen molar-refractivity contribution in [3.8, 4) is 0 Å². The van der Waals surface area contributed by atoms with Crippen LogP contribution < -0.4 is 16.4 Å². The van der Waals surface area contributed by atoms with Gasteiger partial charge in [-0.05, 0) is 24.5 Å². The van der Waals surface area contributed by atoms with E-state index in [1.54, 1.807) is 13.0 Å². The van der Waals surface area contributed by atoms with Crippen molar-refractivity contribution in [2.45, 2.75) is 30.9 Å². The molecule has 1 unspecified atom stereocenters. The van der Waals surface area contributed by atoms with Gasteiger partial charge in [-0.3, -0.25) is 9.18 Å². The number of carbonyl (C=O) groups excluding carboxylic acids is 1. The molecule has 0 saturated carbocycles. The number of aromatic nitrogens is 1. The summed E-state index contributed by atoms with van der Waals surface area (Å²) in [4.78, 5) is 19.0. The van der Waals surface area contributed by atoms with Crippen LogP contribution in [0.3, 0.4) is 0 Å². The largest absolute Gasteiger partial charge is 0.397 e. The van der Waals surface area contributed by atoms with E-state index in [2.05, 4.69) is 4.98 Å². The van der Waals surface area contributed by atoms with Gasteiger partial charge in [0.05, 0.1) is 17.6 Å². The number of fused-ring (bicyclic) bond motifs is 1. The lowest BCUT2D eigenvalue weighted by atomic mass is 9.98. The fourth-order valence-corrected chi connectivity index (χ4v) is 5.51. The average molecular weight is 415 g/mol. The molecule has 0 aromatic carbocycles. The molecule has 1 fully saturated rings. The van der Waals surface area contributed by atoms with Crippen LogP contribution in [0.5, 0.6) is 0 Å². The quantitative estimate of drug-likeness (QED) is 0.773. The maximum atomic E-state index is 13.4. The number of alkyl halides is 1. The molecule has 1 aliphatic heterocycles. The average Bonchev–Trinajstić information content (AvgIpc) is 2.96. The summed E-state index contributed by atoms with van der Waals surface area (Å²) in [5.74, 6) is -0.410. The fourth-order valence-electron chi connectivity index (χ4n) is 3.47. The molecule has 1 saturated heterocycles. The number of nitrogen functional groups attached to an aromatic ring is 1. The van der Waals surface area contributed by atoms with E-state index in [9.17, 15) is 17.6 Å². The molecule has 7 nitrogen and oxygen atoms in total. The summed E-state index contributed by atoms with van der Waals surface area (Å²) in [6.07, 6.45) is 2.30. The van der Waals surface area contributed by atoms with Gasteiger partial charge < -0.3 is 16.4 Å². The van der Waals surface area contributed by atoms with Crippen LogP contribution in [0.15, 0.2) is 6.07 Å². The Balaban J connectivity index is 2.03. The van der Waals surface area contributed by atoms with E-state index in [4.69, 9.17) is 11.5 Å². The number of hydrogen-bond acceptors (Lipinski definition) is 7. The van der Waals surface area contributed by atoms with Crippen LogP contribution in [-0.4, -0.2) is 50.6 Å². The minimum atomic E-state index is -3.07. The summed E-state index contributed by atoms with van der Waals surface area (Å²) in [7, 11) is -3.07. The van der Waals surface area contributed by atoms with Gasteiger partial charge in [0.25, 0.3) is 5.91 Å². The molecular formula is C17H23FN4O3S2. The van der Waals surface area contributed by atoms with Crippen LogP contribution in [-0.2, 0) is 9.84 Å². The van der Waals surface area contributed by atoms with Gasteiger partial charge in [-0.15, -0.1) is 11.3 Å². The normalized spacial score (nSPS) is 17.4. The lowest BCUT2D eigenvalue weighted by Crippen LogP contribution is -2.39. The van der Waals surface area contributed by atoms with Crippen LogP contribution >= 0.6 is 11.3 Å². The number of pyridine rings is 1. The topological polar surface area (TPSA) is 119 Å². The van der Waals surface area contributed by atoms with Crippen molar-refractivity contribution in [1.29, 1.82) is 0 Å². The molecule has 3 heterocycles. The Hall–Kier alpha value is -1.94. The van der Waals surface area contributed by atoms with Crippen LogP contribution in [0.1, 0.15) is 40.9 Å². The first-order valence-electron chi connectivity index (χ1n) is 8.66. The van der Waals surface area contributed by atoms with Gasteiger partial charge in [0.1, 0.15) is 25.4 Å². The van der Waals surface area contributed by atoms with Crippen molar-refractivity contribution in [2.24, 2.45) is 5.73 Å². The number of primary amides is 1. The SMILES string of the molecule is CC(CF)c1cc(N2CCC(S(C)(=O)=O)CC2)nc2sc(C(N)=O)c(N)c12. The second-order valence-electron chi connectivity index (χ2n) is 7.03. The molecule has 1 atom stereocenters. The van der Waals surface area contributed by atoms with Gasteiger partial charge in [0, 0.05) is 30.6 Å². The molecular weight excluding hydrogens is 391 g/mol. The first-order chi connectivity index (χ1) is 12.6. The minimum Gasteiger partial charge on any atom is -0.397 e. The van der Waals surface area contributed by atoms with E-state index in [1.807, 2.05) is 4.90 Å². The smallest absolute Gasteiger partial charge is 0.260 e. The van der Waals surface area contributed by atoms with E-state index in [1.165, 1.54) is 6.26 Å². The summed E-state index contributed by atoms with van der Waals surface area (Å²) in [6, 6.07) is 1.79. The van der Waals surface area contributed by atoms with E-state index in [0.717, 1.165) is 11.3 Å². The van der Waals surface area contributed by atoms with E-state index >= 15 is 0 Å². The molecule has 1 amide bonds. The Labute approximate surface area is 161 Å². The molecule has 0 radical (unpaired) electrons. The van der Waals surface area contributed by atoms with Crippen LogP contribution in [0.4, 0.5) is 15.9 Å². The Kier molecular flexibility index (Phi) is 5.31. The van der Waals surface area contributed by atoms with Crippen molar-refractivity contribution >= 4 is 48.8 Å². The standard InChI is InChI=1S/C17H23FN4O3S2/c1-9(8-18)11-7-12(22-5-3-10(4-6-22)27(2,24)25)21-17-13(11)14(19)15(26-17)16(20)23/h7,9-10H,3-6,8,19H2,1-2H3,(H2,20,23). The number of thiophene rings is 1. The van der Waals surface area contributed by atoms with Gasteiger partial charge in [-0.25, -0.2) is 13.4 Å². The zero-order chi connectivity index (χ0) is 19.9. The number of halogens is 1. The number of anilines is 2. The predicted octanol–water partition coefficient (Wildman–Crippen LogP) is 2.06. The van der Waals surface area contributed by atoms with Crippen LogP contribution in [0, 0.1) is 0 Å². The number of amides is 1. The maximum absolute atomic E-state index is 13.4. The maximum Gasteiger partial charge on any atom is 0.260 e. The molecule has 0 aliphatic carbocycles. The molecule has 148 valence electrons. The first kappa shape index (κ1) is 19.8. The summed E-state index contributed by atoms with van der Waals surface area (Å²) in [5, 5.41) is 0.231. The first-order valence-corrected chi connectivity index (χ1v) is 11.4. The summed E-state index contributed by atoms with van der Waals surface area (Å²) < 4.78 is 36.9. The molecule has 1 aliphatic rings. The number of sulfone groups is 1. The summed E-state index contributed by atoms with van der Waals surface area (Å²) in [6.45, 7) is 2.26. The second-order valence-corrected chi connectivity index (χ2v) is 10.4. The molecule has 2 aromatic heterocycles. The van der Waals surface area contributed by atoms with E-state index in [0.29, 0.717) is 47.5 Å². The lowest BCUT2D eigenvalue weighted by Gasteiger charge is -2.32. The highest BCUT2D eigenvalue weighted by Gasteiger charge is 2.29. The third-order valence-electron chi connectivity index (χ3n) is 5.07. The Bertz CT molecular complexity index is 982. The number of piperidine rings is 1. The molecule has 2 aromatic rings. The zero-order valence-electron chi connectivity index (χ0n) is 15.2. The minimum absolute atomic E-state index is 0.220. The van der Waals surface area contributed by atoms with Crippen LogP contribution in [0.2, 0.25) is 0 Å². The molecule has 4 N–H and O–H groups in total. The van der Waals surface area contributed by atoms with Crippen molar-refractivity contribution in [2.75, 3.05) is 36.7 Å². The number of nitrogens with two attached hydrogens (primary N) is 2. The van der Waals surface area contributed by atoms with Gasteiger partial charge in [-0.2, -0.15) is 0 Å². The zero-order valence-corrected chi connectivity index (χ0v) is 16.9. The highest BCUT2D eigenvalue weighted by Crippen LogP contribution is 2.39. The van der Waals surface area contributed by atoms with Crippen LogP contribution in [0.25, 0.3) is 10.2 Å².